The molecule has 2 aliphatic heterocycles. The number of amides is 1. The monoisotopic (exact) mass is 651 g/mol. The van der Waals surface area contributed by atoms with E-state index in [9.17, 15) is 14.7 Å². The van der Waals surface area contributed by atoms with Crippen molar-refractivity contribution in [2.45, 2.75) is 52.1 Å². The zero-order valence-electron chi connectivity index (χ0n) is 25.3. The van der Waals surface area contributed by atoms with Gasteiger partial charge in [-0.1, -0.05) is 43.6 Å². The van der Waals surface area contributed by atoms with Crippen LogP contribution in [-0.2, 0) is 4.79 Å². The van der Waals surface area contributed by atoms with Crippen LogP contribution in [0.3, 0.4) is 0 Å². The SMILES string of the molecule is C=CC(=O)N1CC2CCOc3c(c4cc(F)c(-c5cc(O)cc(Cl)c5Cl)nc4n(-c4c(C)ccnc4C(C)C)c3=O)N2CC1C. The molecule has 1 amide bonds. The Labute approximate surface area is 269 Å². The Morgan fingerprint density at radius 1 is 1.22 bits per heavy atom. The van der Waals surface area contributed by atoms with E-state index in [1.54, 1.807) is 17.2 Å². The molecule has 45 heavy (non-hydrogen) atoms. The molecule has 1 saturated heterocycles. The third kappa shape index (κ3) is 5.10. The number of nitrogens with zero attached hydrogens (tertiary/aromatic N) is 5. The highest BCUT2D eigenvalue weighted by Crippen LogP contribution is 2.43. The van der Waals surface area contributed by atoms with Gasteiger partial charge in [0.1, 0.15) is 17.3 Å². The summed E-state index contributed by atoms with van der Waals surface area (Å²) in [5.74, 6) is -1.13. The minimum atomic E-state index is -0.736. The second kappa shape index (κ2) is 11.7. The highest BCUT2D eigenvalue weighted by atomic mass is 35.5. The predicted octanol–water partition coefficient (Wildman–Crippen LogP) is 6.41. The standard InChI is InChI=1S/C33H32Cl2FN5O4/c1-6-25(43)39-15-19-8-10-45-31-30(40(19)14-18(39)5)22-13-24(36)28(21-11-20(42)12-23(34)26(21)35)38-32(22)41(33(31)44)29-17(4)7-9-37-27(29)16(2)3/h6-7,9,11-13,16,18-19,42H,1,8,10,14-15H2,2-5H3. The fraction of sp³-hybridized carbons (Fsp3) is 0.333. The van der Waals surface area contributed by atoms with Gasteiger partial charge in [0.05, 0.1) is 39.8 Å². The number of phenolic OH excluding ortho intramolecular Hbond substituents is 1. The van der Waals surface area contributed by atoms with E-state index in [2.05, 4.69) is 11.6 Å². The number of carbonyl (C=O) groups excluding carboxylic acids is 1. The summed E-state index contributed by atoms with van der Waals surface area (Å²) in [7, 11) is 0. The molecule has 5 heterocycles. The van der Waals surface area contributed by atoms with Crippen molar-refractivity contribution < 1.29 is 19.0 Å². The lowest BCUT2D eigenvalue weighted by Crippen LogP contribution is -2.59. The molecule has 12 heteroatoms. The average molecular weight is 653 g/mol. The van der Waals surface area contributed by atoms with Crippen molar-refractivity contribution in [2.75, 3.05) is 24.6 Å². The molecule has 1 aromatic carbocycles. The Kier molecular flexibility index (Phi) is 7.99. The Morgan fingerprint density at radius 2 is 1.98 bits per heavy atom. The molecule has 0 spiro atoms. The van der Waals surface area contributed by atoms with Crippen LogP contribution in [0.25, 0.3) is 28.0 Å². The molecule has 0 radical (unpaired) electrons. The van der Waals surface area contributed by atoms with E-state index in [1.165, 1.54) is 28.8 Å². The summed E-state index contributed by atoms with van der Waals surface area (Å²) in [5, 5.41) is 10.7. The number of benzene rings is 1. The van der Waals surface area contributed by atoms with Crippen molar-refractivity contribution in [3.05, 3.63) is 80.6 Å². The van der Waals surface area contributed by atoms with Crippen LogP contribution in [0.5, 0.6) is 11.5 Å². The third-order valence-electron chi connectivity index (χ3n) is 8.51. The summed E-state index contributed by atoms with van der Waals surface area (Å²) in [6.07, 6.45) is 3.51. The molecule has 6 rings (SSSR count). The summed E-state index contributed by atoms with van der Waals surface area (Å²) in [4.78, 5) is 40.5. The molecule has 1 N–H and O–H groups in total. The van der Waals surface area contributed by atoms with Crippen LogP contribution in [0, 0.1) is 12.7 Å². The number of halogens is 3. The zero-order valence-corrected chi connectivity index (χ0v) is 26.8. The van der Waals surface area contributed by atoms with E-state index in [1.807, 2.05) is 32.6 Å². The number of aryl methyl sites for hydroxylation is 1. The van der Waals surface area contributed by atoms with Crippen LogP contribution < -0.4 is 15.2 Å². The Balaban J connectivity index is 1.72. The van der Waals surface area contributed by atoms with Crippen LogP contribution in [0.15, 0.2) is 47.9 Å². The van der Waals surface area contributed by atoms with Crippen molar-refractivity contribution in [3.63, 3.8) is 0 Å². The third-order valence-corrected chi connectivity index (χ3v) is 9.31. The van der Waals surface area contributed by atoms with Gasteiger partial charge in [0.15, 0.2) is 5.65 Å². The summed E-state index contributed by atoms with van der Waals surface area (Å²) < 4.78 is 23.9. The van der Waals surface area contributed by atoms with E-state index in [-0.39, 0.29) is 69.0 Å². The van der Waals surface area contributed by atoms with Crippen LogP contribution in [0.2, 0.25) is 10.0 Å². The lowest BCUT2D eigenvalue weighted by Gasteiger charge is -2.45. The molecule has 4 aromatic rings. The summed E-state index contributed by atoms with van der Waals surface area (Å²) in [6, 6.07) is 5.22. The molecule has 3 aromatic heterocycles. The maximum atomic E-state index is 16.3. The minimum absolute atomic E-state index is 0.00420. The van der Waals surface area contributed by atoms with Crippen molar-refractivity contribution in [1.29, 1.82) is 0 Å². The molecule has 234 valence electrons. The van der Waals surface area contributed by atoms with Gasteiger partial charge in [-0.05, 0) is 49.6 Å². The fourth-order valence-electron chi connectivity index (χ4n) is 6.37. The van der Waals surface area contributed by atoms with Gasteiger partial charge < -0.3 is 19.6 Å². The van der Waals surface area contributed by atoms with E-state index >= 15 is 4.39 Å². The summed E-state index contributed by atoms with van der Waals surface area (Å²) >= 11 is 12.8. The molecule has 2 atom stereocenters. The zero-order chi connectivity index (χ0) is 32.3. The van der Waals surface area contributed by atoms with Gasteiger partial charge >= 0.3 is 5.56 Å². The lowest BCUT2D eigenvalue weighted by atomic mass is 10.0. The highest BCUT2D eigenvalue weighted by Gasteiger charge is 2.39. The second-order valence-electron chi connectivity index (χ2n) is 11.8. The quantitative estimate of drug-likeness (QED) is 0.255. The minimum Gasteiger partial charge on any atom is -0.508 e. The largest absolute Gasteiger partial charge is 0.508 e. The van der Waals surface area contributed by atoms with E-state index in [0.717, 1.165) is 5.56 Å². The van der Waals surface area contributed by atoms with Gasteiger partial charge in [0, 0.05) is 48.8 Å². The first-order valence-electron chi connectivity index (χ1n) is 14.7. The number of anilines is 1. The van der Waals surface area contributed by atoms with Crippen molar-refractivity contribution in [3.8, 4) is 28.4 Å². The molecular formula is C33H32Cl2FN5O4. The van der Waals surface area contributed by atoms with Crippen LogP contribution in [0.1, 0.15) is 44.4 Å². The number of pyridine rings is 3. The number of hydrogen-bond acceptors (Lipinski definition) is 7. The van der Waals surface area contributed by atoms with Gasteiger partial charge in [0.2, 0.25) is 11.7 Å². The fourth-order valence-corrected chi connectivity index (χ4v) is 6.78. The first kappa shape index (κ1) is 30.9. The van der Waals surface area contributed by atoms with Gasteiger partial charge in [0.25, 0.3) is 0 Å². The van der Waals surface area contributed by atoms with Crippen molar-refractivity contribution >= 4 is 45.8 Å². The Bertz CT molecular complexity index is 1950. The maximum Gasteiger partial charge on any atom is 0.301 e. The number of ether oxygens (including phenoxy) is 1. The maximum absolute atomic E-state index is 16.3. The molecule has 0 saturated carbocycles. The van der Waals surface area contributed by atoms with Gasteiger partial charge in [-0.15, -0.1) is 0 Å². The van der Waals surface area contributed by atoms with Crippen LogP contribution in [-0.4, -0.2) is 62.2 Å². The number of fused-ring (bicyclic) bond motifs is 5. The molecule has 0 aliphatic carbocycles. The molecular weight excluding hydrogens is 620 g/mol. The number of piperazine rings is 1. The molecule has 0 bridgehead atoms. The summed E-state index contributed by atoms with van der Waals surface area (Å²) in [5.41, 5.74) is 1.92. The number of phenols is 1. The number of hydrogen-bond donors (Lipinski definition) is 1. The average Bonchev–Trinajstić information content (AvgIpc) is 3.18. The first-order valence-corrected chi connectivity index (χ1v) is 15.4. The highest BCUT2D eigenvalue weighted by molar-refractivity contribution is 6.43. The van der Waals surface area contributed by atoms with E-state index < -0.39 is 11.4 Å². The van der Waals surface area contributed by atoms with Crippen LogP contribution >= 0.6 is 23.2 Å². The van der Waals surface area contributed by atoms with E-state index in [4.69, 9.17) is 32.9 Å². The van der Waals surface area contributed by atoms with Crippen molar-refractivity contribution in [2.24, 2.45) is 0 Å². The molecule has 2 unspecified atom stereocenters. The Hall–Kier alpha value is -4.15. The number of rotatable bonds is 4. The molecule has 1 fully saturated rings. The van der Waals surface area contributed by atoms with Gasteiger partial charge in [-0.25, -0.2) is 9.37 Å². The van der Waals surface area contributed by atoms with Crippen LogP contribution in [0.4, 0.5) is 10.1 Å². The predicted molar refractivity (Wildman–Crippen MR) is 174 cm³/mol. The number of aromatic hydroxyl groups is 1. The van der Waals surface area contributed by atoms with Crippen molar-refractivity contribution in [1.82, 2.24) is 19.4 Å². The van der Waals surface area contributed by atoms with Gasteiger partial charge in [-0.2, -0.15) is 0 Å². The smallest absolute Gasteiger partial charge is 0.301 e. The van der Waals surface area contributed by atoms with E-state index in [0.29, 0.717) is 42.0 Å². The topological polar surface area (TPSA) is 101 Å². The number of aromatic nitrogens is 3. The second-order valence-corrected chi connectivity index (χ2v) is 12.6. The lowest BCUT2D eigenvalue weighted by molar-refractivity contribution is -0.128. The normalized spacial score (nSPS) is 18.0. The molecule has 9 nitrogen and oxygen atoms in total. The van der Waals surface area contributed by atoms with Gasteiger partial charge in [-0.3, -0.25) is 19.1 Å². The summed E-state index contributed by atoms with van der Waals surface area (Å²) in [6.45, 7) is 12.4. The number of carbonyl (C=O) groups is 1. The first-order chi connectivity index (χ1) is 21.4. The Morgan fingerprint density at radius 3 is 2.69 bits per heavy atom. The molecule has 2 aliphatic rings.